The van der Waals surface area contributed by atoms with E-state index in [1.165, 1.54) is 36.9 Å². The SMILES string of the molecule is CCNCCc1ccccc1CN(C)CC1CCC1. The summed E-state index contributed by atoms with van der Waals surface area (Å²) in [6.07, 6.45) is 5.46. The lowest BCUT2D eigenvalue weighted by molar-refractivity contribution is 0.200. The number of hydrogen-bond acceptors (Lipinski definition) is 2. The Kier molecular flexibility index (Phi) is 5.87. The summed E-state index contributed by atoms with van der Waals surface area (Å²) in [5.41, 5.74) is 3.01. The van der Waals surface area contributed by atoms with Gasteiger partial charge in [0.25, 0.3) is 0 Å². The summed E-state index contributed by atoms with van der Waals surface area (Å²) in [6.45, 7) is 6.67. The van der Waals surface area contributed by atoms with Crippen molar-refractivity contribution in [2.45, 2.75) is 39.2 Å². The van der Waals surface area contributed by atoms with E-state index in [2.05, 4.69) is 48.5 Å². The van der Waals surface area contributed by atoms with E-state index in [0.29, 0.717) is 0 Å². The highest BCUT2D eigenvalue weighted by Gasteiger charge is 2.19. The van der Waals surface area contributed by atoms with E-state index >= 15 is 0 Å². The van der Waals surface area contributed by atoms with Gasteiger partial charge >= 0.3 is 0 Å². The van der Waals surface area contributed by atoms with Gasteiger partial charge in [0, 0.05) is 13.1 Å². The zero-order chi connectivity index (χ0) is 13.5. The summed E-state index contributed by atoms with van der Waals surface area (Å²) < 4.78 is 0. The Hall–Kier alpha value is -0.860. The average molecular weight is 260 g/mol. The predicted octanol–water partition coefficient (Wildman–Crippen LogP) is 3.07. The second-order valence-electron chi connectivity index (χ2n) is 5.87. The van der Waals surface area contributed by atoms with E-state index in [1.807, 2.05) is 0 Å². The Balaban J connectivity index is 1.86. The van der Waals surface area contributed by atoms with Gasteiger partial charge < -0.3 is 10.2 Å². The van der Waals surface area contributed by atoms with E-state index in [0.717, 1.165) is 32.0 Å². The van der Waals surface area contributed by atoms with Gasteiger partial charge in [0.15, 0.2) is 0 Å². The maximum absolute atomic E-state index is 3.41. The minimum Gasteiger partial charge on any atom is -0.317 e. The van der Waals surface area contributed by atoms with Gasteiger partial charge in [-0.2, -0.15) is 0 Å². The fourth-order valence-electron chi connectivity index (χ4n) is 2.83. The van der Waals surface area contributed by atoms with E-state index in [9.17, 15) is 0 Å². The van der Waals surface area contributed by atoms with Crippen molar-refractivity contribution in [3.05, 3.63) is 35.4 Å². The molecule has 1 aromatic carbocycles. The molecule has 1 aromatic rings. The third-order valence-electron chi connectivity index (χ3n) is 4.17. The van der Waals surface area contributed by atoms with Crippen molar-refractivity contribution in [2.24, 2.45) is 5.92 Å². The van der Waals surface area contributed by atoms with Gasteiger partial charge in [-0.1, -0.05) is 37.6 Å². The van der Waals surface area contributed by atoms with E-state index in [-0.39, 0.29) is 0 Å². The number of nitrogens with one attached hydrogen (secondary N) is 1. The molecular formula is C17H28N2. The van der Waals surface area contributed by atoms with Crippen LogP contribution in [0.15, 0.2) is 24.3 Å². The van der Waals surface area contributed by atoms with Gasteiger partial charge in [0.2, 0.25) is 0 Å². The lowest BCUT2D eigenvalue weighted by Crippen LogP contribution is -2.29. The lowest BCUT2D eigenvalue weighted by atomic mass is 9.85. The van der Waals surface area contributed by atoms with Crippen molar-refractivity contribution in [3.63, 3.8) is 0 Å². The van der Waals surface area contributed by atoms with Crippen LogP contribution in [-0.2, 0) is 13.0 Å². The maximum atomic E-state index is 3.41. The van der Waals surface area contributed by atoms with Crippen molar-refractivity contribution in [3.8, 4) is 0 Å². The summed E-state index contributed by atoms with van der Waals surface area (Å²) in [4.78, 5) is 2.50. The quantitative estimate of drug-likeness (QED) is 0.723. The Morgan fingerprint density at radius 1 is 1.21 bits per heavy atom. The third-order valence-corrected chi connectivity index (χ3v) is 4.17. The Labute approximate surface area is 118 Å². The first-order valence-corrected chi connectivity index (χ1v) is 7.75. The van der Waals surface area contributed by atoms with E-state index < -0.39 is 0 Å². The van der Waals surface area contributed by atoms with Crippen LogP contribution in [0.25, 0.3) is 0 Å². The summed E-state index contributed by atoms with van der Waals surface area (Å²) in [5.74, 6) is 0.957. The molecule has 2 nitrogen and oxygen atoms in total. The number of hydrogen-bond donors (Lipinski definition) is 1. The van der Waals surface area contributed by atoms with Crippen LogP contribution in [-0.4, -0.2) is 31.6 Å². The molecule has 0 saturated heterocycles. The second-order valence-corrected chi connectivity index (χ2v) is 5.87. The second kappa shape index (κ2) is 7.66. The lowest BCUT2D eigenvalue weighted by Gasteiger charge is -2.30. The fourth-order valence-corrected chi connectivity index (χ4v) is 2.83. The summed E-state index contributed by atoms with van der Waals surface area (Å²) in [6, 6.07) is 8.91. The highest BCUT2D eigenvalue weighted by Crippen LogP contribution is 2.27. The fraction of sp³-hybridized carbons (Fsp3) is 0.647. The average Bonchev–Trinajstić information content (AvgIpc) is 2.36. The summed E-state index contributed by atoms with van der Waals surface area (Å²) in [7, 11) is 2.26. The molecule has 106 valence electrons. The van der Waals surface area contributed by atoms with Crippen LogP contribution in [0.3, 0.4) is 0 Å². The van der Waals surface area contributed by atoms with Gasteiger partial charge in [-0.15, -0.1) is 0 Å². The van der Waals surface area contributed by atoms with Crippen molar-refractivity contribution in [2.75, 3.05) is 26.7 Å². The molecule has 1 aliphatic carbocycles. The van der Waals surface area contributed by atoms with Crippen molar-refractivity contribution in [1.29, 1.82) is 0 Å². The van der Waals surface area contributed by atoms with Gasteiger partial charge in [0.1, 0.15) is 0 Å². The zero-order valence-electron chi connectivity index (χ0n) is 12.5. The van der Waals surface area contributed by atoms with Gasteiger partial charge in [-0.3, -0.25) is 0 Å². The Bertz CT molecular complexity index is 371. The van der Waals surface area contributed by atoms with Crippen LogP contribution in [0.2, 0.25) is 0 Å². The number of nitrogens with zero attached hydrogens (tertiary/aromatic N) is 1. The van der Waals surface area contributed by atoms with Crippen molar-refractivity contribution < 1.29 is 0 Å². The van der Waals surface area contributed by atoms with E-state index in [4.69, 9.17) is 0 Å². The first kappa shape index (κ1) is 14.5. The monoisotopic (exact) mass is 260 g/mol. The predicted molar refractivity (Wildman–Crippen MR) is 82.4 cm³/mol. The molecule has 0 spiro atoms. The van der Waals surface area contributed by atoms with Crippen LogP contribution < -0.4 is 5.32 Å². The molecule has 1 fully saturated rings. The van der Waals surface area contributed by atoms with Crippen LogP contribution in [0, 0.1) is 5.92 Å². The molecule has 0 amide bonds. The molecule has 0 heterocycles. The molecule has 0 aromatic heterocycles. The minimum atomic E-state index is 0.957. The molecule has 0 bridgehead atoms. The molecule has 2 heteroatoms. The molecule has 1 saturated carbocycles. The number of likely N-dealkylation sites (N-methyl/N-ethyl adjacent to an activating group) is 1. The zero-order valence-corrected chi connectivity index (χ0v) is 12.5. The van der Waals surface area contributed by atoms with Crippen LogP contribution in [0.4, 0.5) is 0 Å². The molecule has 2 rings (SSSR count). The highest BCUT2D eigenvalue weighted by molar-refractivity contribution is 5.27. The molecular weight excluding hydrogens is 232 g/mol. The molecule has 0 unspecified atom stereocenters. The molecule has 0 atom stereocenters. The normalized spacial score (nSPS) is 15.7. The third kappa shape index (κ3) is 4.63. The number of benzene rings is 1. The Morgan fingerprint density at radius 3 is 2.58 bits per heavy atom. The number of rotatable bonds is 8. The first-order chi connectivity index (χ1) is 9.29. The van der Waals surface area contributed by atoms with Crippen LogP contribution >= 0.6 is 0 Å². The molecule has 0 radical (unpaired) electrons. The standard InChI is InChI=1S/C17H28N2/c1-3-18-12-11-16-9-4-5-10-17(16)14-19(2)13-15-7-6-8-15/h4-5,9-10,15,18H,3,6-8,11-14H2,1-2H3. The first-order valence-electron chi connectivity index (χ1n) is 7.75. The van der Waals surface area contributed by atoms with Gasteiger partial charge in [-0.25, -0.2) is 0 Å². The summed E-state index contributed by atoms with van der Waals surface area (Å²) >= 11 is 0. The molecule has 0 aliphatic heterocycles. The van der Waals surface area contributed by atoms with Crippen molar-refractivity contribution >= 4 is 0 Å². The summed E-state index contributed by atoms with van der Waals surface area (Å²) in [5, 5.41) is 3.41. The molecule has 19 heavy (non-hydrogen) atoms. The van der Waals surface area contributed by atoms with Crippen LogP contribution in [0.1, 0.15) is 37.3 Å². The van der Waals surface area contributed by atoms with Crippen molar-refractivity contribution in [1.82, 2.24) is 10.2 Å². The molecule has 1 aliphatic rings. The largest absolute Gasteiger partial charge is 0.317 e. The topological polar surface area (TPSA) is 15.3 Å². The smallest absolute Gasteiger partial charge is 0.0233 e. The highest BCUT2D eigenvalue weighted by atomic mass is 15.1. The van der Waals surface area contributed by atoms with Gasteiger partial charge in [-0.05, 0) is 56.4 Å². The van der Waals surface area contributed by atoms with Crippen LogP contribution in [0.5, 0.6) is 0 Å². The molecule has 1 N–H and O–H groups in total. The Morgan fingerprint density at radius 2 is 1.95 bits per heavy atom. The van der Waals surface area contributed by atoms with E-state index in [1.54, 1.807) is 0 Å². The van der Waals surface area contributed by atoms with Gasteiger partial charge in [0.05, 0.1) is 0 Å². The minimum absolute atomic E-state index is 0.957. The maximum Gasteiger partial charge on any atom is 0.0233 e.